The van der Waals surface area contributed by atoms with Gasteiger partial charge in [-0.25, -0.2) is 0 Å². The van der Waals surface area contributed by atoms with Gasteiger partial charge in [0.25, 0.3) is 5.69 Å². The first-order valence-corrected chi connectivity index (χ1v) is 6.36. The summed E-state index contributed by atoms with van der Waals surface area (Å²) in [5.74, 6) is 0.497. The minimum Gasteiger partial charge on any atom is -0.496 e. The number of rotatable bonds is 3. The van der Waals surface area contributed by atoms with Crippen LogP contribution in [-0.2, 0) is 4.79 Å². The number of nitrogens with zero attached hydrogens (tertiary/aromatic N) is 3. The molecule has 0 aliphatic carbocycles. The lowest BCUT2D eigenvalue weighted by Gasteiger charge is -2.35. The first kappa shape index (κ1) is 14.1. The second-order valence-electron chi connectivity index (χ2n) is 4.60. The van der Waals surface area contributed by atoms with Crippen LogP contribution in [0.2, 0.25) is 0 Å². The molecule has 0 radical (unpaired) electrons. The molecule has 1 aliphatic rings. The number of nitro benzene ring substituents is 1. The zero-order valence-corrected chi connectivity index (χ0v) is 11.5. The Labute approximate surface area is 116 Å². The smallest absolute Gasteiger partial charge is 0.296 e. The molecule has 1 aromatic carbocycles. The molecule has 1 aliphatic heterocycles. The largest absolute Gasteiger partial charge is 0.496 e. The number of benzene rings is 1. The van der Waals surface area contributed by atoms with Gasteiger partial charge in [0.1, 0.15) is 11.4 Å². The minimum atomic E-state index is -0.408. The third-order valence-electron chi connectivity index (χ3n) is 3.44. The second-order valence-corrected chi connectivity index (χ2v) is 4.60. The molecular weight excluding hydrogens is 262 g/mol. The quantitative estimate of drug-likeness (QED) is 0.615. The number of hydrogen-bond donors (Lipinski definition) is 0. The van der Waals surface area contributed by atoms with Crippen molar-refractivity contribution in [3.63, 3.8) is 0 Å². The summed E-state index contributed by atoms with van der Waals surface area (Å²) < 4.78 is 5.02. The van der Waals surface area contributed by atoms with Crippen LogP contribution in [0.5, 0.6) is 5.75 Å². The number of amides is 1. The van der Waals surface area contributed by atoms with E-state index in [1.165, 1.54) is 20.1 Å². The van der Waals surface area contributed by atoms with Gasteiger partial charge in [0.2, 0.25) is 5.91 Å². The molecule has 0 N–H and O–H groups in total. The van der Waals surface area contributed by atoms with Gasteiger partial charge in [0, 0.05) is 33.1 Å². The van der Waals surface area contributed by atoms with Crippen LogP contribution >= 0.6 is 0 Å². The molecule has 1 amide bonds. The van der Waals surface area contributed by atoms with Crippen molar-refractivity contribution < 1.29 is 14.5 Å². The number of anilines is 1. The maximum Gasteiger partial charge on any atom is 0.296 e. The van der Waals surface area contributed by atoms with Crippen molar-refractivity contribution in [2.75, 3.05) is 38.2 Å². The molecular formula is C13H17N3O4. The van der Waals surface area contributed by atoms with Crippen LogP contribution in [0.1, 0.15) is 6.92 Å². The fraction of sp³-hybridized carbons (Fsp3) is 0.462. The van der Waals surface area contributed by atoms with Crippen molar-refractivity contribution >= 4 is 17.3 Å². The molecule has 7 heteroatoms. The van der Waals surface area contributed by atoms with E-state index in [0.717, 1.165) is 0 Å². The molecule has 7 nitrogen and oxygen atoms in total. The molecule has 0 atom stereocenters. The molecule has 1 saturated heterocycles. The number of ether oxygens (including phenoxy) is 1. The molecule has 1 heterocycles. The average Bonchev–Trinajstić information content (AvgIpc) is 2.46. The predicted molar refractivity (Wildman–Crippen MR) is 74.1 cm³/mol. The Hall–Kier alpha value is -2.31. The molecule has 1 fully saturated rings. The highest BCUT2D eigenvalue weighted by molar-refractivity contribution is 5.74. The minimum absolute atomic E-state index is 0.0284. The van der Waals surface area contributed by atoms with Crippen molar-refractivity contribution in [1.82, 2.24) is 4.90 Å². The fourth-order valence-electron chi connectivity index (χ4n) is 2.31. The number of piperazine rings is 1. The summed E-state index contributed by atoms with van der Waals surface area (Å²) in [7, 11) is 1.48. The predicted octanol–water partition coefficient (Wildman–Crippen LogP) is 1.27. The lowest BCUT2D eigenvalue weighted by atomic mass is 10.2. The van der Waals surface area contributed by atoms with E-state index in [0.29, 0.717) is 37.6 Å². The molecule has 0 saturated carbocycles. The molecule has 1 aromatic rings. The van der Waals surface area contributed by atoms with E-state index in [9.17, 15) is 14.9 Å². The maximum absolute atomic E-state index is 11.3. The van der Waals surface area contributed by atoms with Crippen LogP contribution in [0.25, 0.3) is 0 Å². The van der Waals surface area contributed by atoms with E-state index < -0.39 is 4.92 Å². The first-order chi connectivity index (χ1) is 9.52. The Balaban J connectivity index is 2.21. The number of carbonyl (C=O) groups excluding carboxylic acids is 1. The van der Waals surface area contributed by atoms with E-state index in [1.54, 1.807) is 17.0 Å². The van der Waals surface area contributed by atoms with Crippen molar-refractivity contribution in [1.29, 1.82) is 0 Å². The highest BCUT2D eigenvalue weighted by Crippen LogP contribution is 2.32. The van der Waals surface area contributed by atoms with Gasteiger partial charge in [0.15, 0.2) is 0 Å². The molecule has 108 valence electrons. The van der Waals surface area contributed by atoms with E-state index in [1.807, 2.05) is 4.90 Å². The summed E-state index contributed by atoms with van der Waals surface area (Å²) in [6, 6.07) is 4.83. The molecule has 0 bridgehead atoms. The number of hydrogen-bond acceptors (Lipinski definition) is 5. The summed E-state index contributed by atoms with van der Waals surface area (Å²) >= 11 is 0. The Morgan fingerprint density at radius 3 is 2.45 bits per heavy atom. The van der Waals surface area contributed by atoms with Gasteiger partial charge in [-0.15, -0.1) is 0 Å². The average molecular weight is 279 g/mol. The van der Waals surface area contributed by atoms with Crippen molar-refractivity contribution in [3.8, 4) is 5.75 Å². The number of carbonyl (C=O) groups is 1. The van der Waals surface area contributed by atoms with Gasteiger partial charge in [-0.2, -0.15) is 0 Å². The zero-order chi connectivity index (χ0) is 14.7. The van der Waals surface area contributed by atoms with E-state index >= 15 is 0 Å². The van der Waals surface area contributed by atoms with Crippen LogP contribution in [0.4, 0.5) is 11.4 Å². The van der Waals surface area contributed by atoms with Gasteiger partial charge < -0.3 is 14.5 Å². The Morgan fingerprint density at radius 2 is 1.95 bits per heavy atom. The van der Waals surface area contributed by atoms with Crippen LogP contribution in [0.3, 0.4) is 0 Å². The first-order valence-electron chi connectivity index (χ1n) is 6.36. The summed E-state index contributed by atoms with van der Waals surface area (Å²) in [4.78, 5) is 25.7. The zero-order valence-electron chi connectivity index (χ0n) is 11.5. The van der Waals surface area contributed by atoms with Crippen LogP contribution in [0, 0.1) is 10.1 Å². The van der Waals surface area contributed by atoms with Crippen LogP contribution in [-0.4, -0.2) is 49.0 Å². The topological polar surface area (TPSA) is 75.9 Å². The SMILES string of the molecule is COc1ccc(N2CCN(C(C)=O)CC2)c([N+](=O)[O-])c1. The third-order valence-corrected chi connectivity index (χ3v) is 3.44. The fourth-order valence-corrected chi connectivity index (χ4v) is 2.31. The molecule has 2 rings (SSSR count). The maximum atomic E-state index is 11.3. The van der Waals surface area contributed by atoms with Gasteiger partial charge in [-0.05, 0) is 12.1 Å². The summed E-state index contributed by atoms with van der Waals surface area (Å²) in [5.41, 5.74) is 0.597. The van der Waals surface area contributed by atoms with Crippen molar-refractivity contribution in [2.24, 2.45) is 0 Å². The van der Waals surface area contributed by atoms with Crippen molar-refractivity contribution in [3.05, 3.63) is 28.3 Å². The van der Waals surface area contributed by atoms with E-state index in [4.69, 9.17) is 4.74 Å². The van der Waals surface area contributed by atoms with Gasteiger partial charge in [-0.1, -0.05) is 0 Å². The second kappa shape index (κ2) is 5.77. The molecule has 20 heavy (non-hydrogen) atoms. The molecule has 0 spiro atoms. The summed E-state index contributed by atoms with van der Waals surface area (Å²) in [6.07, 6.45) is 0. The van der Waals surface area contributed by atoms with Gasteiger partial charge >= 0.3 is 0 Å². The highest BCUT2D eigenvalue weighted by atomic mass is 16.6. The monoisotopic (exact) mass is 279 g/mol. The Kier molecular flexibility index (Phi) is 4.07. The Morgan fingerprint density at radius 1 is 1.30 bits per heavy atom. The Bertz CT molecular complexity index is 524. The number of nitro groups is 1. The standard InChI is InChI=1S/C13H17N3O4/c1-10(17)14-5-7-15(8-6-14)12-4-3-11(20-2)9-13(12)16(18)19/h3-4,9H,5-8H2,1-2H3. The van der Waals surface area contributed by atoms with Crippen molar-refractivity contribution in [2.45, 2.75) is 6.92 Å². The molecule has 0 aromatic heterocycles. The van der Waals surface area contributed by atoms with Gasteiger partial charge in [0.05, 0.1) is 18.1 Å². The van der Waals surface area contributed by atoms with E-state index in [2.05, 4.69) is 0 Å². The number of methoxy groups -OCH3 is 1. The normalized spacial score (nSPS) is 15.1. The summed E-state index contributed by atoms with van der Waals surface area (Å²) in [6.45, 7) is 3.88. The highest BCUT2D eigenvalue weighted by Gasteiger charge is 2.25. The van der Waals surface area contributed by atoms with Gasteiger partial charge in [-0.3, -0.25) is 14.9 Å². The lowest BCUT2D eigenvalue weighted by Crippen LogP contribution is -2.48. The van der Waals surface area contributed by atoms with Crippen LogP contribution in [0.15, 0.2) is 18.2 Å². The molecule has 0 unspecified atom stereocenters. The third kappa shape index (κ3) is 2.81. The van der Waals surface area contributed by atoms with Crippen LogP contribution < -0.4 is 9.64 Å². The summed E-state index contributed by atoms with van der Waals surface area (Å²) in [5, 5.41) is 11.2. The lowest BCUT2D eigenvalue weighted by molar-refractivity contribution is -0.384. The van der Waals surface area contributed by atoms with E-state index in [-0.39, 0.29) is 11.6 Å².